The number of rotatable bonds is 11. The number of carbonyl (C=O) groups is 2. The molecule has 0 saturated carbocycles. The second-order valence-electron chi connectivity index (χ2n) is 13.9. The first kappa shape index (κ1) is 35.9. The summed E-state index contributed by atoms with van der Waals surface area (Å²) in [6.45, 7) is 11.0. The molecule has 1 amide bonds. The Morgan fingerprint density at radius 2 is 1.85 bits per heavy atom. The van der Waals surface area contributed by atoms with Crippen LogP contribution in [0.1, 0.15) is 61.7 Å². The lowest BCUT2D eigenvalue weighted by Gasteiger charge is -2.24. The molecule has 0 fully saturated rings. The predicted octanol–water partition coefficient (Wildman–Crippen LogP) is 6.49. The molecule has 0 bridgehead atoms. The quantitative estimate of drug-likeness (QED) is 0.0770. The van der Waals surface area contributed by atoms with Crippen LogP contribution in [0, 0.1) is 11.3 Å². The number of likely N-dealkylation sites (N-methyl/N-ethyl adjacent to an activating group) is 1. The van der Waals surface area contributed by atoms with Gasteiger partial charge in [0.1, 0.15) is 36.0 Å². The molecule has 0 radical (unpaired) electrons. The molecule has 4 N–H and O–H groups in total. The number of benzene rings is 2. The zero-order valence-corrected chi connectivity index (χ0v) is 30.7. The fourth-order valence-electron chi connectivity index (χ4n) is 5.85. The standard InChI is InChI=1S/C38H40N8O5S/c1-37(2,3)51-34(47)24(18-39)15-26-17-29-31(52-26)27-12-11-25(16-28(27)38(29,4)5)46(6)13-14-49-36(48)41-19-22-7-9-23(10-8-22)20-50-33-30-32(43-21-42-30)44-35(40)45-33/h7-12,15-17,21H,13-14,19-20H2,1-6H3,(H,41,48)(H3,40,42,43,44,45)/b24-15+. The average molecular weight is 721 g/mol. The Labute approximate surface area is 305 Å². The minimum atomic E-state index is -0.688. The molecule has 0 atom stereocenters. The van der Waals surface area contributed by atoms with E-state index in [9.17, 15) is 14.9 Å². The van der Waals surface area contributed by atoms with E-state index >= 15 is 0 Å². The molecule has 0 unspecified atom stereocenters. The molecule has 14 heteroatoms. The van der Waals surface area contributed by atoms with Gasteiger partial charge in [-0.15, -0.1) is 11.3 Å². The summed E-state index contributed by atoms with van der Waals surface area (Å²) in [6, 6.07) is 18.0. The molecule has 3 aromatic heterocycles. The Hall–Kier alpha value is -5.94. The maximum atomic E-state index is 12.5. The molecule has 0 saturated heterocycles. The summed E-state index contributed by atoms with van der Waals surface area (Å²) in [7, 11) is 1.96. The maximum absolute atomic E-state index is 12.5. The number of nitrogens with two attached hydrogens (primary N) is 1. The summed E-state index contributed by atoms with van der Waals surface area (Å²) in [5.41, 5.74) is 12.0. The van der Waals surface area contributed by atoms with Crippen molar-refractivity contribution in [2.75, 3.05) is 30.8 Å². The smallest absolute Gasteiger partial charge is 0.407 e. The van der Waals surface area contributed by atoms with Crippen molar-refractivity contribution in [1.29, 1.82) is 5.26 Å². The third-order valence-corrected chi connectivity index (χ3v) is 9.69. The van der Waals surface area contributed by atoms with E-state index < -0.39 is 17.7 Å². The molecule has 13 nitrogen and oxygen atoms in total. The number of alkyl carbamates (subject to hydrolysis) is 1. The summed E-state index contributed by atoms with van der Waals surface area (Å²) >= 11 is 1.55. The lowest BCUT2D eigenvalue weighted by Crippen LogP contribution is -2.29. The molecule has 1 aliphatic rings. The first-order chi connectivity index (χ1) is 24.7. The molecule has 3 heterocycles. The first-order valence-electron chi connectivity index (χ1n) is 16.6. The molecule has 0 spiro atoms. The molecule has 268 valence electrons. The number of nitrogens with zero attached hydrogens (tertiary/aromatic N) is 5. The summed E-state index contributed by atoms with van der Waals surface area (Å²) in [5.74, 6) is -0.219. The third kappa shape index (κ3) is 7.84. The number of ether oxygens (including phenoxy) is 3. The zero-order valence-electron chi connectivity index (χ0n) is 29.9. The highest BCUT2D eigenvalue weighted by atomic mass is 32.1. The molecule has 0 aliphatic heterocycles. The number of imidazole rings is 1. The van der Waals surface area contributed by atoms with Crippen LogP contribution in [0.4, 0.5) is 16.4 Å². The van der Waals surface area contributed by atoms with Crippen LogP contribution in [0.2, 0.25) is 0 Å². The van der Waals surface area contributed by atoms with E-state index in [4.69, 9.17) is 19.9 Å². The molecule has 2 aromatic carbocycles. The zero-order chi connectivity index (χ0) is 37.2. The highest BCUT2D eigenvalue weighted by Crippen LogP contribution is 2.53. The SMILES string of the molecule is CN(CCOC(=O)NCc1ccc(COc2nc(N)nc3nc[nH]c23)cc1)c1ccc2c(c1)C(C)(C)c1cc(/C=C(\C#N)C(=O)OC(C)(C)C)sc1-2. The maximum Gasteiger partial charge on any atom is 0.407 e. The summed E-state index contributed by atoms with van der Waals surface area (Å²) in [5, 5.41) is 12.4. The number of aromatic amines is 1. The first-order valence-corrected chi connectivity index (χ1v) is 17.5. The van der Waals surface area contributed by atoms with Crippen LogP contribution < -0.4 is 20.7 Å². The van der Waals surface area contributed by atoms with Crippen molar-refractivity contribution in [2.24, 2.45) is 0 Å². The van der Waals surface area contributed by atoms with Crippen LogP contribution in [-0.4, -0.2) is 57.8 Å². The van der Waals surface area contributed by atoms with Crippen LogP contribution in [0.5, 0.6) is 5.88 Å². The van der Waals surface area contributed by atoms with Crippen molar-refractivity contribution in [3.63, 3.8) is 0 Å². The number of nitrogen functional groups attached to an aromatic ring is 1. The van der Waals surface area contributed by atoms with Crippen molar-refractivity contribution in [2.45, 2.75) is 58.8 Å². The largest absolute Gasteiger partial charge is 0.471 e. The van der Waals surface area contributed by atoms with Gasteiger partial charge in [0.05, 0.1) is 12.9 Å². The molecule has 52 heavy (non-hydrogen) atoms. The number of hydrogen-bond acceptors (Lipinski definition) is 12. The second kappa shape index (κ2) is 14.4. The van der Waals surface area contributed by atoms with E-state index in [0.717, 1.165) is 37.7 Å². The van der Waals surface area contributed by atoms with Gasteiger partial charge in [-0.1, -0.05) is 44.2 Å². The number of hydrogen-bond donors (Lipinski definition) is 3. The number of fused-ring (bicyclic) bond motifs is 4. The predicted molar refractivity (Wildman–Crippen MR) is 200 cm³/mol. The van der Waals surface area contributed by atoms with E-state index in [1.165, 1.54) is 11.9 Å². The van der Waals surface area contributed by atoms with Crippen LogP contribution >= 0.6 is 11.3 Å². The number of nitrogens with one attached hydrogen (secondary N) is 2. The summed E-state index contributed by atoms with van der Waals surface area (Å²) < 4.78 is 16.7. The Morgan fingerprint density at radius 3 is 2.58 bits per heavy atom. The third-order valence-electron chi connectivity index (χ3n) is 8.58. The number of thiophene rings is 1. The van der Waals surface area contributed by atoms with Gasteiger partial charge in [-0.3, -0.25) is 0 Å². The Morgan fingerprint density at radius 1 is 1.10 bits per heavy atom. The number of nitriles is 1. The van der Waals surface area contributed by atoms with Gasteiger partial charge < -0.3 is 35.1 Å². The number of aromatic nitrogens is 4. The Kier molecular flexibility index (Phi) is 9.90. The van der Waals surface area contributed by atoms with Crippen LogP contribution in [0.15, 0.2) is 60.4 Å². The highest BCUT2D eigenvalue weighted by Gasteiger charge is 2.37. The number of esters is 1. The fraction of sp³-hybridized carbons (Fsp3) is 0.316. The Balaban J connectivity index is 0.988. The lowest BCUT2D eigenvalue weighted by atomic mass is 9.82. The van der Waals surface area contributed by atoms with E-state index in [2.05, 4.69) is 68.3 Å². The lowest BCUT2D eigenvalue weighted by molar-refractivity contribution is -0.149. The van der Waals surface area contributed by atoms with E-state index in [1.807, 2.05) is 37.4 Å². The molecule has 5 aromatic rings. The van der Waals surface area contributed by atoms with Crippen molar-refractivity contribution in [3.8, 4) is 22.4 Å². The molecule has 1 aliphatic carbocycles. The topological polar surface area (TPSA) is 181 Å². The van der Waals surface area contributed by atoms with Gasteiger partial charge in [-0.2, -0.15) is 15.2 Å². The van der Waals surface area contributed by atoms with E-state index in [0.29, 0.717) is 30.1 Å². The van der Waals surface area contributed by atoms with Crippen LogP contribution in [0.3, 0.4) is 0 Å². The van der Waals surface area contributed by atoms with Gasteiger partial charge in [-0.05, 0) is 72.9 Å². The summed E-state index contributed by atoms with van der Waals surface area (Å²) in [4.78, 5) is 44.3. The van der Waals surface area contributed by atoms with Gasteiger partial charge in [0.15, 0.2) is 5.65 Å². The fourth-order valence-corrected chi connectivity index (χ4v) is 7.15. The van der Waals surface area contributed by atoms with Gasteiger partial charge in [0.25, 0.3) is 0 Å². The number of H-pyrrole nitrogens is 1. The van der Waals surface area contributed by atoms with Crippen molar-refractivity contribution >= 4 is 52.3 Å². The van der Waals surface area contributed by atoms with Gasteiger partial charge >= 0.3 is 12.1 Å². The monoisotopic (exact) mass is 720 g/mol. The molecule has 6 rings (SSSR count). The minimum absolute atomic E-state index is 0.0272. The average Bonchev–Trinajstić information content (AvgIpc) is 3.80. The van der Waals surface area contributed by atoms with Crippen LogP contribution in [-0.2, 0) is 32.8 Å². The van der Waals surface area contributed by atoms with Crippen LogP contribution in [0.25, 0.3) is 27.7 Å². The Bertz CT molecular complexity index is 2210. The van der Waals surface area contributed by atoms with Gasteiger partial charge in [0.2, 0.25) is 11.8 Å². The second-order valence-corrected chi connectivity index (χ2v) is 15.0. The van der Waals surface area contributed by atoms with Gasteiger partial charge in [-0.25, -0.2) is 14.6 Å². The highest BCUT2D eigenvalue weighted by molar-refractivity contribution is 7.16. The minimum Gasteiger partial charge on any atom is -0.471 e. The number of anilines is 2. The van der Waals surface area contributed by atoms with E-state index in [1.54, 1.807) is 38.2 Å². The van der Waals surface area contributed by atoms with Crippen molar-refractivity contribution in [3.05, 3.63) is 87.6 Å². The van der Waals surface area contributed by atoms with Gasteiger partial charge in [0, 0.05) is 34.4 Å². The van der Waals surface area contributed by atoms with Crippen molar-refractivity contribution in [1.82, 2.24) is 25.3 Å². The van der Waals surface area contributed by atoms with E-state index in [-0.39, 0.29) is 30.2 Å². The molecular formula is C38H40N8O5S. The molecular weight excluding hydrogens is 681 g/mol. The normalized spacial score (nSPS) is 13.2. The number of amides is 1. The van der Waals surface area contributed by atoms with Crippen molar-refractivity contribution < 1.29 is 23.8 Å². The summed E-state index contributed by atoms with van der Waals surface area (Å²) in [6.07, 6.45) is 2.62. The number of carbonyl (C=O) groups excluding carboxylic acids is 2.